The maximum atomic E-state index is 3.90. The Balaban J connectivity index is 2.06. The van der Waals surface area contributed by atoms with Crippen LogP contribution in [0.4, 0.5) is 0 Å². The monoisotopic (exact) mass is 277 g/mol. The molecule has 3 atom stereocenters. The molecule has 0 spiro atoms. The third-order valence-electron chi connectivity index (χ3n) is 3.65. The van der Waals surface area contributed by atoms with Crippen LogP contribution < -0.4 is 5.32 Å². The van der Waals surface area contributed by atoms with Crippen molar-refractivity contribution in [3.05, 3.63) is 35.9 Å². The van der Waals surface area contributed by atoms with Gasteiger partial charge in [0.1, 0.15) is 0 Å². The first-order valence-electron chi connectivity index (χ1n) is 7.36. The summed E-state index contributed by atoms with van der Waals surface area (Å²) in [6, 6.07) is 12.1. The predicted octanol–water partition coefficient (Wildman–Crippen LogP) is 4.65. The summed E-state index contributed by atoms with van der Waals surface area (Å²) < 4.78 is 0. The van der Waals surface area contributed by atoms with E-state index in [1.165, 1.54) is 24.2 Å². The van der Waals surface area contributed by atoms with Gasteiger partial charge in [0, 0.05) is 23.1 Å². The second-order valence-corrected chi connectivity index (χ2v) is 8.44. The number of rotatable bonds is 4. The Labute approximate surface area is 122 Å². The standard InChI is InChI=1S/C17H27NS/c1-13-10-15(12-19-13)18-16(11-17(2,3)4)14-8-6-5-7-9-14/h5-9,13,15-16,18H,10-12H2,1-4H3. The highest BCUT2D eigenvalue weighted by atomic mass is 32.2. The minimum Gasteiger partial charge on any atom is -0.306 e. The highest BCUT2D eigenvalue weighted by Gasteiger charge is 2.27. The van der Waals surface area contributed by atoms with Crippen LogP contribution in [-0.2, 0) is 0 Å². The zero-order valence-electron chi connectivity index (χ0n) is 12.6. The molecule has 1 fully saturated rings. The Morgan fingerprint density at radius 2 is 1.95 bits per heavy atom. The molecule has 2 rings (SSSR count). The van der Waals surface area contributed by atoms with E-state index in [-0.39, 0.29) is 0 Å². The van der Waals surface area contributed by atoms with Crippen LogP contribution in [-0.4, -0.2) is 17.0 Å². The molecule has 1 N–H and O–H groups in total. The van der Waals surface area contributed by atoms with E-state index >= 15 is 0 Å². The van der Waals surface area contributed by atoms with E-state index in [4.69, 9.17) is 0 Å². The molecule has 1 aliphatic heterocycles. The first-order valence-corrected chi connectivity index (χ1v) is 8.41. The summed E-state index contributed by atoms with van der Waals surface area (Å²) in [5.74, 6) is 1.26. The van der Waals surface area contributed by atoms with E-state index in [0.717, 1.165) is 5.25 Å². The first kappa shape index (κ1) is 14.9. The molecule has 0 amide bonds. The van der Waals surface area contributed by atoms with Gasteiger partial charge in [-0.25, -0.2) is 0 Å². The van der Waals surface area contributed by atoms with Gasteiger partial charge in [-0.2, -0.15) is 11.8 Å². The van der Waals surface area contributed by atoms with Crippen molar-refractivity contribution in [3.8, 4) is 0 Å². The van der Waals surface area contributed by atoms with Crippen molar-refractivity contribution >= 4 is 11.8 Å². The van der Waals surface area contributed by atoms with Crippen molar-refractivity contribution in [2.75, 3.05) is 5.75 Å². The van der Waals surface area contributed by atoms with Gasteiger partial charge >= 0.3 is 0 Å². The minimum atomic E-state index is 0.352. The Morgan fingerprint density at radius 3 is 2.47 bits per heavy atom. The van der Waals surface area contributed by atoms with Gasteiger partial charge < -0.3 is 5.32 Å². The molecule has 1 aromatic rings. The van der Waals surface area contributed by atoms with E-state index in [0.29, 0.717) is 17.5 Å². The number of hydrogen-bond donors (Lipinski definition) is 1. The van der Waals surface area contributed by atoms with Gasteiger partial charge in [-0.1, -0.05) is 58.0 Å². The topological polar surface area (TPSA) is 12.0 Å². The molecule has 1 aromatic carbocycles. The lowest BCUT2D eigenvalue weighted by atomic mass is 9.85. The Bertz CT molecular complexity index is 382. The van der Waals surface area contributed by atoms with Crippen LogP contribution in [0, 0.1) is 5.41 Å². The summed E-state index contributed by atoms with van der Waals surface area (Å²) in [6.45, 7) is 9.33. The smallest absolute Gasteiger partial charge is 0.0327 e. The predicted molar refractivity (Wildman–Crippen MR) is 86.7 cm³/mol. The van der Waals surface area contributed by atoms with Gasteiger partial charge in [0.2, 0.25) is 0 Å². The third-order valence-corrected chi connectivity index (χ3v) is 5.01. The molecular formula is C17H27NS. The lowest BCUT2D eigenvalue weighted by Gasteiger charge is -2.29. The summed E-state index contributed by atoms with van der Waals surface area (Å²) in [4.78, 5) is 0. The zero-order valence-corrected chi connectivity index (χ0v) is 13.5. The van der Waals surface area contributed by atoms with Crippen LogP contribution in [0.2, 0.25) is 0 Å². The van der Waals surface area contributed by atoms with Crippen molar-refractivity contribution in [2.24, 2.45) is 5.41 Å². The molecule has 2 heteroatoms. The summed E-state index contributed by atoms with van der Waals surface area (Å²) >= 11 is 2.10. The lowest BCUT2D eigenvalue weighted by molar-refractivity contribution is 0.296. The van der Waals surface area contributed by atoms with Gasteiger partial charge in [-0.3, -0.25) is 0 Å². The highest BCUT2D eigenvalue weighted by molar-refractivity contribution is 8.00. The van der Waals surface area contributed by atoms with Gasteiger partial charge in [-0.05, 0) is 23.8 Å². The van der Waals surface area contributed by atoms with Crippen LogP contribution in [0.1, 0.15) is 52.1 Å². The molecule has 1 aliphatic rings. The van der Waals surface area contributed by atoms with Crippen molar-refractivity contribution in [2.45, 2.75) is 57.9 Å². The fraction of sp³-hybridized carbons (Fsp3) is 0.647. The summed E-state index contributed by atoms with van der Waals surface area (Å²) in [6.07, 6.45) is 2.49. The molecule has 3 unspecified atom stereocenters. The van der Waals surface area contributed by atoms with E-state index in [1.54, 1.807) is 0 Å². The summed E-state index contributed by atoms with van der Waals surface area (Å²) in [5, 5.41) is 4.71. The fourth-order valence-corrected chi connectivity index (χ4v) is 3.95. The van der Waals surface area contributed by atoms with Crippen molar-refractivity contribution in [1.82, 2.24) is 5.32 Å². The van der Waals surface area contributed by atoms with Crippen LogP contribution >= 0.6 is 11.8 Å². The fourth-order valence-electron chi connectivity index (χ4n) is 2.79. The molecule has 0 bridgehead atoms. The second kappa shape index (κ2) is 6.32. The molecule has 0 saturated carbocycles. The highest BCUT2D eigenvalue weighted by Crippen LogP contribution is 2.33. The average Bonchev–Trinajstić information content (AvgIpc) is 2.73. The molecule has 0 aromatic heterocycles. The van der Waals surface area contributed by atoms with E-state index in [9.17, 15) is 0 Å². The quantitative estimate of drug-likeness (QED) is 0.860. The molecule has 106 valence electrons. The van der Waals surface area contributed by atoms with E-state index in [2.05, 4.69) is 75.1 Å². The molecule has 0 radical (unpaired) electrons. The van der Waals surface area contributed by atoms with Gasteiger partial charge in [0.05, 0.1) is 0 Å². The normalized spacial score (nSPS) is 25.5. The molecule has 1 nitrogen and oxygen atoms in total. The Morgan fingerprint density at radius 1 is 1.26 bits per heavy atom. The molecule has 1 saturated heterocycles. The van der Waals surface area contributed by atoms with Gasteiger partial charge in [-0.15, -0.1) is 0 Å². The van der Waals surface area contributed by atoms with Gasteiger partial charge in [0.25, 0.3) is 0 Å². The maximum Gasteiger partial charge on any atom is 0.0327 e. The summed E-state index contributed by atoms with van der Waals surface area (Å²) in [5.41, 5.74) is 1.78. The minimum absolute atomic E-state index is 0.352. The van der Waals surface area contributed by atoms with Crippen molar-refractivity contribution in [3.63, 3.8) is 0 Å². The Hall–Kier alpha value is -0.470. The molecule has 19 heavy (non-hydrogen) atoms. The number of hydrogen-bond acceptors (Lipinski definition) is 2. The average molecular weight is 277 g/mol. The number of benzene rings is 1. The largest absolute Gasteiger partial charge is 0.306 e. The number of nitrogens with one attached hydrogen (secondary N) is 1. The van der Waals surface area contributed by atoms with Crippen LogP contribution in [0.15, 0.2) is 30.3 Å². The maximum absolute atomic E-state index is 3.90. The lowest BCUT2D eigenvalue weighted by Crippen LogP contribution is -2.35. The van der Waals surface area contributed by atoms with E-state index in [1.807, 2.05) is 0 Å². The van der Waals surface area contributed by atoms with Gasteiger partial charge in [0.15, 0.2) is 0 Å². The first-order chi connectivity index (χ1) is 8.94. The number of thioether (sulfide) groups is 1. The van der Waals surface area contributed by atoms with Crippen molar-refractivity contribution in [1.29, 1.82) is 0 Å². The van der Waals surface area contributed by atoms with Crippen LogP contribution in [0.3, 0.4) is 0 Å². The SMILES string of the molecule is CC1CC(NC(CC(C)(C)C)c2ccccc2)CS1. The molecular weight excluding hydrogens is 250 g/mol. The molecule has 0 aliphatic carbocycles. The van der Waals surface area contributed by atoms with Crippen LogP contribution in [0.5, 0.6) is 0 Å². The molecule has 1 heterocycles. The second-order valence-electron chi connectivity index (χ2n) is 6.97. The van der Waals surface area contributed by atoms with Crippen molar-refractivity contribution < 1.29 is 0 Å². The van der Waals surface area contributed by atoms with E-state index < -0.39 is 0 Å². The summed E-state index contributed by atoms with van der Waals surface area (Å²) in [7, 11) is 0. The zero-order chi connectivity index (χ0) is 13.9. The Kier molecular flexibility index (Phi) is 4.97. The van der Waals surface area contributed by atoms with Crippen LogP contribution in [0.25, 0.3) is 0 Å². The third kappa shape index (κ3) is 4.85.